The molecule has 0 amide bonds. The first kappa shape index (κ1) is 10.3. The van der Waals surface area contributed by atoms with Crippen molar-refractivity contribution in [3.8, 4) is 6.07 Å². The molecular formula is C11H12N2O. The van der Waals surface area contributed by atoms with Crippen LogP contribution in [-0.4, -0.2) is 12.8 Å². The Labute approximate surface area is 83.6 Å². The van der Waals surface area contributed by atoms with E-state index in [2.05, 4.69) is 16.1 Å². The van der Waals surface area contributed by atoms with Gasteiger partial charge in [-0.1, -0.05) is 17.3 Å². The minimum absolute atomic E-state index is 0.628. The van der Waals surface area contributed by atoms with Gasteiger partial charge in [0, 0.05) is 5.56 Å². The molecule has 3 heteroatoms. The fourth-order valence-electron chi connectivity index (χ4n) is 1.25. The third-order valence-electron chi connectivity index (χ3n) is 1.91. The van der Waals surface area contributed by atoms with Gasteiger partial charge in [-0.3, -0.25) is 0 Å². The summed E-state index contributed by atoms with van der Waals surface area (Å²) < 4.78 is 0. The molecule has 1 aromatic rings. The van der Waals surface area contributed by atoms with E-state index in [1.54, 1.807) is 0 Å². The summed E-state index contributed by atoms with van der Waals surface area (Å²) in [6.07, 6.45) is 0. The molecule has 0 N–H and O–H groups in total. The lowest BCUT2D eigenvalue weighted by atomic mass is 10.0. The van der Waals surface area contributed by atoms with Crippen molar-refractivity contribution in [2.45, 2.75) is 13.8 Å². The molecule has 0 spiro atoms. The molecule has 0 aliphatic rings. The second-order valence-electron chi connectivity index (χ2n) is 3.02. The standard InChI is InChI=1S/C11H12N2O/c1-8-4-5-11(9(2)13-14-3)10(6-8)7-12/h4-6H,1-3H3. The van der Waals surface area contributed by atoms with Gasteiger partial charge in [0.05, 0.1) is 17.3 Å². The number of rotatable bonds is 2. The molecule has 0 unspecified atom stereocenters. The molecule has 0 radical (unpaired) electrons. The van der Waals surface area contributed by atoms with E-state index in [-0.39, 0.29) is 0 Å². The molecule has 14 heavy (non-hydrogen) atoms. The van der Waals surface area contributed by atoms with Crippen LogP contribution >= 0.6 is 0 Å². The monoisotopic (exact) mass is 188 g/mol. The van der Waals surface area contributed by atoms with Gasteiger partial charge < -0.3 is 4.84 Å². The summed E-state index contributed by atoms with van der Waals surface area (Å²) in [5.74, 6) is 0. The second-order valence-corrected chi connectivity index (χ2v) is 3.02. The average Bonchev–Trinajstić information content (AvgIpc) is 2.17. The van der Waals surface area contributed by atoms with Crippen LogP contribution in [0.4, 0.5) is 0 Å². The van der Waals surface area contributed by atoms with Crippen LogP contribution in [0, 0.1) is 18.3 Å². The van der Waals surface area contributed by atoms with Gasteiger partial charge >= 0.3 is 0 Å². The normalized spacial score (nSPS) is 10.9. The maximum Gasteiger partial charge on any atom is 0.106 e. The van der Waals surface area contributed by atoms with E-state index in [1.165, 1.54) is 7.11 Å². The summed E-state index contributed by atoms with van der Waals surface area (Å²) in [5, 5.41) is 12.7. The molecule has 0 bridgehead atoms. The quantitative estimate of drug-likeness (QED) is 0.527. The molecule has 0 heterocycles. The Bertz CT molecular complexity index is 402. The van der Waals surface area contributed by atoms with Crippen molar-refractivity contribution >= 4 is 5.71 Å². The van der Waals surface area contributed by atoms with E-state index in [9.17, 15) is 0 Å². The molecule has 1 rings (SSSR count). The van der Waals surface area contributed by atoms with Crippen LogP contribution in [0.1, 0.15) is 23.6 Å². The number of nitriles is 1. The molecule has 0 saturated carbocycles. The first-order valence-corrected chi connectivity index (χ1v) is 4.28. The zero-order valence-corrected chi connectivity index (χ0v) is 8.53. The van der Waals surface area contributed by atoms with Crippen LogP contribution in [0.25, 0.3) is 0 Å². The molecule has 0 fully saturated rings. The van der Waals surface area contributed by atoms with Crippen molar-refractivity contribution in [2.75, 3.05) is 7.11 Å². The highest BCUT2D eigenvalue weighted by atomic mass is 16.6. The highest BCUT2D eigenvalue weighted by Gasteiger charge is 2.05. The van der Waals surface area contributed by atoms with Crippen LogP contribution in [0.5, 0.6) is 0 Å². The Morgan fingerprint density at radius 3 is 2.79 bits per heavy atom. The van der Waals surface area contributed by atoms with Crippen molar-refractivity contribution in [1.29, 1.82) is 5.26 Å². The fourth-order valence-corrected chi connectivity index (χ4v) is 1.25. The summed E-state index contributed by atoms with van der Waals surface area (Å²) in [5.41, 5.74) is 3.22. The van der Waals surface area contributed by atoms with Crippen LogP contribution in [0.2, 0.25) is 0 Å². The van der Waals surface area contributed by atoms with Gasteiger partial charge in [0.25, 0.3) is 0 Å². The predicted octanol–water partition coefficient (Wildman–Crippen LogP) is 2.24. The van der Waals surface area contributed by atoms with Crippen molar-refractivity contribution in [3.05, 3.63) is 34.9 Å². The summed E-state index contributed by atoms with van der Waals surface area (Å²) in [6, 6.07) is 7.81. The van der Waals surface area contributed by atoms with E-state index in [4.69, 9.17) is 5.26 Å². The largest absolute Gasteiger partial charge is 0.399 e. The Kier molecular flexibility index (Phi) is 3.24. The summed E-state index contributed by atoms with van der Waals surface area (Å²) in [6.45, 7) is 3.77. The second kappa shape index (κ2) is 4.43. The van der Waals surface area contributed by atoms with Crippen molar-refractivity contribution in [1.82, 2.24) is 0 Å². The van der Waals surface area contributed by atoms with Gasteiger partial charge in [0.1, 0.15) is 7.11 Å². The van der Waals surface area contributed by atoms with E-state index in [0.717, 1.165) is 11.1 Å². The average molecular weight is 188 g/mol. The van der Waals surface area contributed by atoms with Gasteiger partial charge in [0.2, 0.25) is 0 Å². The molecule has 0 atom stereocenters. The summed E-state index contributed by atoms with van der Waals surface area (Å²) in [4.78, 5) is 4.67. The van der Waals surface area contributed by atoms with E-state index in [0.29, 0.717) is 11.3 Å². The Morgan fingerprint density at radius 1 is 1.50 bits per heavy atom. The first-order valence-electron chi connectivity index (χ1n) is 4.28. The molecule has 72 valence electrons. The maximum atomic E-state index is 8.91. The molecule has 3 nitrogen and oxygen atoms in total. The van der Waals surface area contributed by atoms with Crippen molar-refractivity contribution in [2.24, 2.45) is 5.16 Å². The minimum Gasteiger partial charge on any atom is -0.399 e. The number of hydrogen-bond donors (Lipinski definition) is 0. The Morgan fingerprint density at radius 2 is 2.21 bits per heavy atom. The van der Waals surface area contributed by atoms with E-state index in [1.807, 2.05) is 32.0 Å². The number of aryl methyl sites for hydroxylation is 1. The molecule has 0 aromatic heterocycles. The topological polar surface area (TPSA) is 45.4 Å². The first-order chi connectivity index (χ1) is 6.69. The zero-order chi connectivity index (χ0) is 10.6. The van der Waals surface area contributed by atoms with Crippen molar-refractivity contribution < 1.29 is 4.84 Å². The zero-order valence-electron chi connectivity index (χ0n) is 8.53. The Hall–Kier alpha value is -1.82. The molecule has 0 aliphatic carbocycles. The van der Waals surface area contributed by atoms with Gasteiger partial charge in [-0.15, -0.1) is 0 Å². The van der Waals surface area contributed by atoms with E-state index >= 15 is 0 Å². The van der Waals surface area contributed by atoms with Crippen molar-refractivity contribution in [3.63, 3.8) is 0 Å². The summed E-state index contributed by atoms with van der Waals surface area (Å²) in [7, 11) is 1.49. The molecular weight excluding hydrogens is 176 g/mol. The van der Waals surface area contributed by atoms with Gasteiger partial charge in [0.15, 0.2) is 0 Å². The number of benzene rings is 1. The number of oxime groups is 1. The Balaban J connectivity index is 3.22. The molecule has 1 aromatic carbocycles. The highest BCUT2D eigenvalue weighted by Crippen LogP contribution is 2.11. The number of nitrogens with zero attached hydrogens (tertiary/aromatic N) is 2. The van der Waals surface area contributed by atoms with Gasteiger partial charge in [-0.05, 0) is 25.5 Å². The van der Waals surface area contributed by atoms with E-state index < -0.39 is 0 Å². The molecule has 0 aliphatic heterocycles. The predicted molar refractivity (Wildman–Crippen MR) is 55.1 cm³/mol. The lowest BCUT2D eigenvalue weighted by Crippen LogP contribution is -1.99. The minimum atomic E-state index is 0.628. The smallest absolute Gasteiger partial charge is 0.106 e. The van der Waals surface area contributed by atoms with Gasteiger partial charge in [-0.25, -0.2) is 0 Å². The lowest BCUT2D eigenvalue weighted by molar-refractivity contribution is 0.213. The third kappa shape index (κ3) is 2.11. The highest BCUT2D eigenvalue weighted by molar-refractivity contribution is 6.00. The molecule has 0 saturated heterocycles. The third-order valence-corrected chi connectivity index (χ3v) is 1.91. The lowest BCUT2D eigenvalue weighted by Gasteiger charge is -2.03. The van der Waals surface area contributed by atoms with Crippen LogP contribution in [-0.2, 0) is 4.84 Å². The summed E-state index contributed by atoms with van der Waals surface area (Å²) >= 11 is 0. The van der Waals surface area contributed by atoms with Crippen LogP contribution in [0.15, 0.2) is 23.4 Å². The van der Waals surface area contributed by atoms with Crippen LogP contribution < -0.4 is 0 Å². The maximum absolute atomic E-state index is 8.91. The van der Waals surface area contributed by atoms with Crippen LogP contribution in [0.3, 0.4) is 0 Å². The SMILES string of the molecule is CON=C(C)c1ccc(C)cc1C#N. The van der Waals surface area contributed by atoms with Gasteiger partial charge in [-0.2, -0.15) is 5.26 Å². The fraction of sp³-hybridized carbons (Fsp3) is 0.273. The number of hydrogen-bond acceptors (Lipinski definition) is 3.